The molecular weight excluding hydrogens is 274 g/mol. The van der Waals surface area contributed by atoms with E-state index in [0.717, 1.165) is 17.0 Å². The zero-order valence-corrected chi connectivity index (χ0v) is 12.5. The lowest BCUT2D eigenvalue weighted by Gasteiger charge is -2.09. The standard InChI is InChI=1S/C14H17N3O2S/c1-9-4-5-12(6-10(9)2)19-8-15-13(18)17-14-16-11(3)7-20-14/h4-7H,8H2,1-3H3,(H2,15,16,17,18). The fourth-order valence-corrected chi connectivity index (χ4v) is 2.22. The molecule has 2 aromatic rings. The highest BCUT2D eigenvalue weighted by Crippen LogP contribution is 2.16. The van der Waals surface area contributed by atoms with E-state index >= 15 is 0 Å². The number of carbonyl (C=O) groups excluding carboxylic acids is 1. The molecule has 2 N–H and O–H groups in total. The third-order valence-corrected chi connectivity index (χ3v) is 3.66. The van der Waals surface area contributed by atoms with E-state index in [0.29, 0.717) is 5.13 Å². The van der Waals surface area contributed by atoms with Crippen molar-refractivity contribution in [2.75, 3.05) is 12.0 Å². The first kappa shape index (κ1) is 14.3. The number of amides is 2. The van der Waals surface area contributed by atoms with Crippen molar-refractivity contribution in [1.29, 1.82) is 0 Å². The minimum absolute atomic E-state index is 0.110. The first-order chi connectivity index (χ1) is 9.54. The summed E-state index contributed by atoms with van der Waals surface area (Å²) >= 11 is 1.39. The number of thiazole rings is 1. The third kappa shape index (κ3) is 3.96. The molecular formula is C14H17N3O2S. The van der Waals surface area contributed by atoms with Crippen LogP contribution in [0.25, 0.3) is 0 Å². The van der Waals surface area contributed by atoms with Crippen LogP contribution >= 0.6 is 11.3 Å². The van der Waals surface area contributed by atoms with Crippen LogP contribution in [0.2, 0.25) is 0 Å². The number of carbonyl (C=O) groups is 1. The van der Waals surface area contributed by atoms with Gasteiger partial charge in [0.05, 0.1) is 5.69 Å². The predicted octanol–water partition coefficient (Wildman–Crippen LogP) is 3.23. The van der Waals surface area contributed by atoms with E-state index in [4.69, 9.17) is 4.74 Å². The lowest BCUT2D eigenvalue weighted by Crippen LogP contribution is -2.31. The summed E-state index contributed by atoms with van der Waals surface area (Å²) in [6.07, 6.45) is 0. The maximum Gasteiger partial charge on any atom is 0.323 e. The van der Waals surface area contributed by atoms with Gasteiger partial charge in [-0.3, -0.25) is 5.32 Å². The lowest BCUT2D eigenvalue weighted by molar-refractivity contribution is 0.234. The maximum atomic E-state index is 11.6. The highest BCUT2D eigenvalue weighted by atomic mass is 32.1. The van der Waals surface area contributed by atoms with Gasteiger partial charge in [0.1, 0.15) is 5.75 Å². The molecule has 20 heavy (non-hydrogen) atoms. The largest absolute Gasteiger partial charge is 0.473 e. The Kier molecular flexibility index (Phi) is 4.57. The molecule has 1 heterocycles. The van der Waals surface area contributed by atoms with Crippen LogP contribution in [0.4, 0.5) is 9.93 Å². The predicted molar refractivity (Wildman–Crippen MR) is 80.4 cm³/mol. The minimum Gasteiger partial charge on any atom is -0.473 e. The normalized spacial score (nSPS) is 10.2. The molecule has 0 spiro atoms. The zero-order valence-electron chi connectivity index (χ0n) is 11.7. The van der Waals surface area contributed by atoms with Crippen molar-refractivity contribution in [1.82, 2.24) is 10.3 Å². The van der Waals surface area contributed by atoms with Gasteiger partial charge in [0.15, 0.2) is 11.9 Å². The summed E-state index contributed by atoms with van der Waals surface area (Å²) in [6.45, 7) is 6.05. The fourth-order valence-electron chi connectivity index (χ4n) is 1.54. The van der Waals surface area contributed by atoms with Crippen LogP contribution < -0.4 is 15.4 Å². The van der Waals surface area contributed by atoms with Gasteiger partial charge in [0.2, 0.25) is 0 Å². The summed E-state index contributed by atoms with van der Waals surface area (Å²) in [6, 6.07) is 5.48. The maximum absolute atomic E-state index is 11.6. The second-order valence-corrected chi connectivity index (χ2v) is 5.32. The first-order valence-electron chi connectivity index (χ1n) is 6.21. The fraction of sp³-hybridized carbons (Fsp3) is 0.286. The molecule has 0 aliphatic heterocycles. The van der Waals surface area contributed by atoms with Gasteiger partial charge >= 0.3 is 6.03 Å². The number of aromatic nitrogens is 1. The summed E-state index contributed by atoms with van der Waals surface area (Å²) in [5.74, 6) is 0.735. The van der Waals surface area contributed by atoms with Crippen LogP contribution in [0, 0.1) is 20.8 Å². The molecule has 0 aliphatic carbocycles. The van der Waals surface area contributed by atoms with E-state index in [1.807, 2.05) is 44.4 Å². The summed E-state index contributed by atoms with van der Waals surface area (Å²) < 4.78 is 5.47. The number of rotatable bonds is 4. The molecule has 1 aromatic heterocycles. The SMILES string of the molecule is Cc1csc(NC(=O)NCOc2ccc(C)c(C)c2)n1. The molecule has 106 valence electrons. The van der Waals surface area contributed by atoms with Crippen molar-refractivity contribution in [2.45, 2.75) is 20.8 Å². The van der Waals surface area contributed by atoms with E-state index in [2.05, 4.69) is 15.6 Å². The lowest BCUT2D eigenvalue weighted by atomic mass is 10.1. The number of anilines is 1. The molecule has 0 bridgehead atoms. The molecule has 0 saturated carbocycles. The second kappa shape index (κ2) is 6.38. The van der Waals surface area contributed by atoms with Crippen molar-refractivity contribution >= 4 is 22.5 Å². The number of benzene rings is 1. The van der Waals surface area contributed by atoms with Gasteiger partial charge in [-0.15, -0.1) is 11.3 Å². The van der Waals surface area contributed by atoms with Crippen LogP contribution in [0.5, 0.6) is 5.75 Å². The Bertz CT molecular complexity index is 610. The number of urea groups is 1. The molecule has 0 fully saturated rings. The summed E-state index contributed by atoms with van der Waals surface area (Å²) in [7, 11) is 0. The average Bonchev–Trinajstić information content (AvgIpc) is 2.79. The second-order valence-electron chi connectivity index (χ2n) is 4.46. The van der Waals surface area contributed by atoms with Crippen LogP contribution in [0.15, 0.2) is 23.6 Å². The van der Waals surface area contributed by atoms with E-state index < -0.39 is 0 Å². The molecule has 0 aliphatic rings. The Morgan fingerprint density at radius 3 is 2.75 bits per heavy atom. The van der Waals surface area contributed by atoms with Gasteiger partial charge in [0.25, 0.3) is 0 Å². The summed E-state index contributed by atoms with van der Waals surface area (Å²) in [5, 5.41) is 7.72. The Balaban J connectivity index is 1.77. The van der Waals surface area contributed by atoms with E-state index in [1.165, 1.54) is 16.9 Å². The van der Waals surface area contributed by atoms with Crippen molar-refractivity contribution in [2.24, 2.45) is 0 Å². The molecule has 0 atom stereocenters. The Hall–Kier alpha value is -2.08. The van der Waals surface area contributed by atoms with E-state index in [1.54, 1.807) is 0 Å². The molecule has 2 amide bonds. The van der Waals surface area contributed by atoms with Crippen molar-refractivity contribution in [3.63, 3.8) is 0 Å². The van der Waals surface area contributed by atoms with Gasteiger partial charge in [-0.25, -0.2) is 9.78 Å². The number of hydrogen-bond acceptors (Lipinski definition) is 4. The Morgan fingerprint density at radius 1 is 1.30 bits per heavy atom. The Labute approximate surface area is 122 Å². The van der Waals surface area contributed by atoms with E-state index in [9.17, 15) is 4.79 Å². The number of ether oxygens (including phenoxy) is 1. The Morgan fingerprint density at radius 2 is 2.10 bits per heavy atom. The average molecular weight is 291 g/mol. The van der Waals surface area contributed by atoms with Crippen molar-refractivity contribution in [3.8, 4) is 5.75 Å². The molecule has 0 saturated heterocycles. The van der Waals surface area contributed by atoms with Gasteiger partial charge in [-0.2, -0.15) is 0 Å². The highest BCUT2D eigenvalue weighted by molar-refractivity contribution is 7.13. The van der Waals surface area contributed by atoms with Crippen LogP contribution in [0.3, 0.4) is 0 Å². The number of nitrogens with one attached hydrogen (secondary N) is 2. The van der Waals surface area contributed by atoms with Crippen LogP contribution in [-0.2, 0) is 0 Å². The van der Waals surface area contributed by atoms with Gasteiger partial charge in [-0.05, 0) is 44.0 Å². The smallest absolute Gasteiger partial charge is 0.323 e. The van der Waals surface area contributed by atoms with Gasteiger partial charge < -0.3 is 10.1 Å². The quantitative estimate of drug-likeness (QED) is 0.850. The van der Waals surface area contributed by atoms with Crippen molar-refractivity contribution < 1.29 is 9.53 Å². The first-order valence-corrected chi connectivity index (χ1v) is 7.09. The zero-order chi connectivity index (χ0) is 14.5. The number of aryl methyl sites for hydroxylation is 3. The highest BCUT2D eigenvalue weighted by Gasteiger charge is 2.04. The molecule has 0 unspecified atom stereocenters. The van der Waals surface area contributed by atoms with Gasteiger partial charge in [-0.1, -0.05) is 6.07 Å². The summed E-state index contributed by atoms with van der Waals surface area (Å²) in [4.78, 5) is 15.7. The topological polar surface area (TPSA) is 63.2 Å². The minimum atomic E-state index is -0.330. The molecule has 1 aromatic carbocycles. The third-order valence-electron chi connectivity index (χ3n) is 2.79. The van der Waals surface area contributed by atoms with Crippen molar-refractivity contribution in [3.05, 3.63) is 40.4 Å². The summed E-state index contributed by atoms with van der Waals surface area (Å²) in [5.41, 5.74) is 3.25. The number of nitrogens with zero attached hydrogens (tertiary/aromatic N) is 1. The molecule has 2 rings (SSSR count). The molecule has 6 heteroatoms. The number of hydrogen-bond donors (Lipinski definition) is 2. The van der Waals surface area contributed by atoms with Crippen LogP contribution in [-0.4, -0.2) is 17.7 Å². The van der Waals surface area contributed by atoms with E-state index in [-0.39, 0.29) is 12.8 Å². The van der Waals surface area contributed by atoms with Gasteiger partial charge in [0, 0.05) is 5.38 Å². The molecule has 0 radical (unpaired) electrons. The monoisotopic (exact) mass is 291 g/mol. The van der Waals surface area contributed by atoms with Crippen LogP contribution in [0.1, 0.15) is 16.8 Å². The molecule has 5 nitrogen and oxygen atoms in total.